The fourth-order valence-corrected chi connectivity index (χ4v) is 3.85. The van der Waals surface area contributed by atoms with Crippen molar-refractivity contribution in [1.82, 2.24) is 0 Å². The molecule has 100 valence electrons. The van der Waals surface area contributed by atoms with Crippen LogP contribution in [-0.2, 0) is 5.41 Å². The molecule has 18 heavy (non-hydrogen) atoms. The Labute approximate surface area is 117 Å². The Morgan fingerprint density at radius 2 is 2.00 bits per heavy atom. The van der Waals surface area contributed by atoms with Crippen LogP contribution in [0.25, 0.3) is 0 Å². The number of rotatable bonds is 3. The first-order chi connectivity index (χ1) is 8.63. The summed E-state index contributed by atoms with van der Waals surface area (Å²) in [5.41, 5.74) is 6.88. The van der Waals surface area contributed by atoms with Gasteiger partial charge in [0.1, 0.15) is 5.82 Å². The SMILES string of the molecule is CSc1c(F)cc(C2(CN)CCCCC2)cc1Cl. The zero-order chi connectivity index (χ0) is 13.2. The lowest BCUT2D eigenvalue weighted by molar-refractivity contribution is 0.299. The molecule has 0 heterocycles. The first kappa shape index (κ1) is 14.2. The standard InChI is InChI=1S/C14H19ClFNS/c1-18-13-11(15)7-10(8-12(13)16)14(9-17)5-3-2-4-6-14/h7-8H,2-6,9,17H2,1H3. The highest BCUT2D eigenvalue weighted by Gasteiger charge is 2.33. The van der Waals surface area contributed by atoms with Crippen LogP contribution in [0.4, 0.5) is 4.39 Å². The fourth-order valence-electron chi connectivity index (χ4n) is 2.90. The van der Waals surface area contributed by atoms with Gasteiger partial charge in [-0.2, -0.15) is 0 Å². The second-order valence-corrected chi connectivity index (χ2v) is 6.24. The Kier molecular flexibility index (Phi) is 4.57. The molecule has 0 bridgehead atoms. The summed E-state index contributed by atoms with van der Waals surface area (Å²) in [4.78, 5) is 0.531. The summed E-state index contributed by atoms with van der Waals surface area (Å²) in [5.74, 6) is -0.219. The van der Waals surface area contributed by atoms with E-state index in [-0.39, 0.29) is 11.2 Å². The number of benzene rings is 1. The van der Waals surface area contributed by atoms with Gasteiger partial charge in [-0.05, 0) is 36.8 Å². The van der Waals surface area contributed by atoms with Crippen molar-refractivity contribution in [1.29, 1.82) is 0 Å². The monoisotopic (exact) mass is 287 g/mol. The molecule has 0 radical (unpaired) electrons. The van der Waals surface area contributed by atoms with E-state index in [4.69, 9.17) is 17.3 Å². The Bertz CT molecular complexity index is 407. The highest BCUT2D eigenvalue weighted by atomic mass is 35.5. The molecule has 0 amide bonds. The third kappa shape index (κ3) is 2.54. The lowest BCUT2D eigenvalue weighted by Gasteiger charge is -2.37. The van der Waals surface area contributed by atoms with Crippen LogP contribution in [0, 0.1) is 5.82 Å². The van der Waals surface area contributed by atoms with Gasteiger partial charge in [0.25, 0.3) is 0 Å². The van der Waals surface area contributed by atoms with Crippen molar-refractivity contribution in [3.63, 3.8) is 0 Å². The average Bonchev–Trinajstić information content (AvgIpc) is 2.39. The normalized spacial score (nSPS) is 18.9. The van der Waals surface area contributed by atoms with Gasteiger partial charge >= 0.3 is 0 Å². The Hall–Kier alpha value is -0.250. The van der Waals surface area contributed by atoms with Crippen molar-refractivity contribution in [2.45, 2.75) is 42.4 Å². The van der Waals surface area contributed by atoms with Gasteiger partial charge in [-0.15, -0.1) is 11.8 Å². The first-order valence-corrected chi connectivity index (χ1v) is 7.97. The van der Waals surface area contributed by atoms with Gasteiger partial charge in [0.15, 0.2) is 0 Å². The average molecular weight is 288 g/mol. The van der Waals surface area contributed by atoms with Gasteiger partial charge in [0, 0.05) is 12.0 Å². The quantitative estimate of drug-likeness (QED) is 0.836. The lowest BCUT2D eigenvalue weighted by Crippen LogP contribution is -2.37. The van der Waals surface area contributed by atoms with Crippen LogP contribution in [0.2, 0.25) is 5.02 Å². The highest BCUT2D eigenvalue weighted by Crippen LogP contribution is 2.41. The summed E-state index contributed by atoms with van der Waals surface area (Å²) >= 11 is 7.52. The van der Waals surface area contributed by atoms with Crippen LogP contribution < -0.4 is 5.73 Å². The Morgan fingerprint density at radius 1 is 1.33 bits per heavy atom. The minimum Gasteiger partial charge on any atom is -0.330 e. The van der Waals surface area contributed by atoms with Crippen molar-refractivity contribution in [2.24, 2.45) is 5.73 Å². The summed E-state index contributed by atoms with van der Waals surface area (Å²) < 4.78 is 14.0. The molecule has 2 rings (SSSR count). The van der Waals surface area contributed by atoms with E-state index in [0.29, 0.717) is 16.5 Å². The highest BCUT2D eigenvalue weighted by molar-refractivity contribution is 7.98. The molecule has 2 N–H and O–H groups in total. The van der Waals surface area contributed by atoms with Crippen LogP contribution in [0.5, 0.6) is 0 Å². The maximum atomic E-state index is 14.0. The number of halogens is 2. The summed E-state index contributed by atoms with van der Waals surface area (Å²) in [6.45, 7) is 0.571. The summed E-state index contributed by atoms with van der Waals surface area (Å²) in [7, 11) is 0. The lowest BCUT2D eigenvalue weighted by atomic mass is 9.69. The molecule has 1 aliphatic rings. The van der Waals surface area contributed by atoms with Gasteiger partial charge in [0.2, 0.25) is 0 Å². The van der Waals surface area contributed by atoms with Crippen molar-refractivity contribution in [3.8, 4) is 0 Å². The van der Waals surface area contributed by atoms with Crippen molar-refractivity contribution in [3.05, 3.63) is 28.5 Å². The zero-order valence-electron chi connectivity index (χ0n) is 10.6. The van der Waals surface area contributed by atoms with Crippen LogP contribution >= 0.6 is 23.4 Å². The molecule has 0 spiro atoms. The van der Waals surface area contributed by atoms with Crippen molar-refractivity contribution >= 4 is 23.4 Å². The molecular weight excluding hydrogens is 269 g/mol. The van der Waals surface area contributed by atoms with Gasteiger partial charge in [0.05, 0.1) is 9.92 Å². The topological polar surface area (TPSA) is 26.0 Å². The van der Waals surface area contributed by atoms with Crippen LogP contribution in [0.15, 0.2) is 17.0 Å². The molecule has 1 aromatic carbocycles. The van der Waals surface area contributed by atoms with Crippen LogP contribution in [0.3, 0.4) is 0 Å². The van der Waals surface area contributed by atoms with E-state index in [2.05, 4.69) is 0 Å². The minimum atomic E-state index is -0.219. The predicted octanol–water partition coefficient (Wildman–Crippen LogP) is 4.36. The van der Waals surface area contributed by atoms with Gasteiger partial charge < -0.3 is 5.73 Å². The molecule has 1 saturated carbocycles. The summed E-state index contributed by atoms with van der Waals surface area (Å²) in [6.07, 6.45) is 7.50. The van der Waals surface area contributed by atoms with Gasteiger partial charge in [-0.3, -0.25) is 0 Å². The second kappa shape index (κ2) is 5.81. The summed E-state index contributed by atoms with van der Waals surface area (Å²) in [6, 6.07) is 3.55. The molecule has 0 unspecified atom stereocenters. The Morgan fingerprint density at radius 3 is 2.50 bits per heavy atom. The molecular formula is C14H19ClFNS. The van der Waals surface area contributed by atoms with Gasteiger partial charge in [-0.1, -0.05) is 30.9 Å². The van der Waals surface area contributed by atoms with Crippen molar-refractivity contribution < 1.29 is 4.39 Å². The maximum Gasteiger partial charge on any atom is 0.138 e. The van der Waals surface area contributed by atoms with E-state index in [9.17, 15) is 4.39 Å². The molecule has 1 aromatic rings. The number of thioether (sulfide) groups is 1. The van der Waals surface area contributed by atoms with E-state index in [1.165, 1.54) is 31.0 Å². The smallest absolute Gasteiger partial charge is 0.138 e. The Balaban J connectivity index is 2.43. The number of nitrogens with two attached hydrogens (primary N) is 1. The maximum absolute atomic E-state index is 14.0. The fraction of sp³-hybridized carbons (Fsp3) is 0.571. The van der Waals surface area contributed by atoms with E-state index >= 15 is 0 Å². The van der Waals surface area contributed by atoms with Gasteiger partial charge in [-0.25, -0.2) is 4.39 Å². The third-order valence-corrected chi connectivity index (χ3v) is 5.25. The molecule has 1 nitrogen and oxygen atoms in total. The van der Waals surface area contributed by atoms with Crippen LogP contribution in [-0.4, -0.2) is 12.8 Å². The van der Waals surface area contributed by atoms with E-state index < -0.39 is 0 Å². The van der Waals surface area contributed by atoms with E-state index in [0.717, 1.165) is 18.4 Å². The zero-order valence-corrected chi connectivity index (χ0v) is 12.2. The molecule has 1 aliphatic carbocycles. The predicted molar refractivity (Wildman–Crippen MR) is 77.0 cm³/mol. The second-order valence-electron chi connectivity index (χ2n) is 5.02. The molecule has 0 saturated heterocycles. The largest absolute Gasteiger partial charge is 0.330 e. The molecule has 1 fully saturated rings. The third-order valence-electron chi connectivity index (χ3n) is 4.02. The van der Waals surface area contributed by atoms with E-state index in [1.807, 2.05) is 12.3 Å². The minimum absolute atomic E-state index is 0.0698. The van der Waals surface area contributed by atoms with Crippen molar-refractivity contribution in [2.75, 3.05) is 12.8 Å². The number of hydrogen-bond donors (Lipinski definition) is 1. The van der Waals surface area contributed by atoms with E-state index in [1.54, 1.807) is 6.07 Å². The number of hydrogen-bond acceptors (Lipinski definition) is 2. The molecule has 4 heteroatoms. The first-order valence-electron chi connectivity index (χ1n) is 6.36. The molecule has 0 aliphatic heterocycles. The summed E-state index contributed by atoms with van der Waals surface area (Å²) in [5, 5.41) is 0.510. The molecule has 0 atom stereocenters. The van der Waals surface area contributed by atoms with Crippen LogP contribution in [0.1, 0.15) is 37.7 Å². The molecule has 0 aromatic heterocycles.